The third kappa shape index (κ3) is 11.4. The van der Waals surface area contributed by atoms with E-state index in [4.69, 9.17) is 78.1 Å². The Hall–Kier alpha value is -1.39. The topological polar surface area (TPSA) is 129 Å². The highest BCUT2D eigenvalue weighted by Crippen LogP contribution is 2.56. The number of carbonyl (C=O) groups excluding carboxylic acids is 1. The highest BCUT2D eigenvalue weighted by Gasteiger charge is 2.47. The molecule has 4 unspecified atom stereocenters. The van der Waals surface area contributed by atoms with Crippen molar-refractivity contribution in [1.29, 1.82) is 0 Å². The maximum absolute atomic E-state index is 11.2. The minimum Gasteiger partial charge on any atom is -0.427 e. The second kappa shape index (κ2) is 18.4. The summed E-state index contributed by atoms with van der Waals surface area (Å²) in [7, 11) is 0. The van der Waals surface area contributed by atoms with Crippen LogP contribution in [0.15, 0.2) is 24.3 Å². The molecule has 0 saturated carbocycles. The van der Waals surface area contributed by atoms with Crippen LogP contribution in [0.1, 0.15) is 40.2 Å². The summed E-state index contributed by atoms with van der Waals surface area (Å²) < 4.78 is 53.7. The molecule has 0 bridgehead atoms. The molecular weight excluding hydrogens is 678 g/mol. The van der Waals surface area contributed by atoms with Crippen molar-refractivity contribution in [2.24, 2.45) is 11.8 Å². The van der Waals surface area contributed by atoms with Crippen molar-refractivity contribution in [3.8, 4) is 5.75 Å². The van der Waals surface area contributed by atoms with Gasteiger partial charge in [0.15, 0.2) is 0 Å². The van der Waals surface area contributed by atoms with Crippen molar-refractivity contribution in [1.82, 2.24) is 0 Å². The molecule has 2 aliphatic heterocycles. The van der Waals surface area contributed by atoms with Crippen molar-refractivity contribution in [3.05, 3.63) is 52.7 Å². The summed E-state index contributed by atoms with van der Waals surface area (Å²) in [6.07, 6.45) is -2.90. The van der Waals surface area contributed by atoms with Gasteiger partial charge in [-0.2, -0.15) is 0 Å². The summed E-state index contributed by atoms with van der Waals surface area (Å²) >= 11 is 11.6. The Morgan fingerprint density at radius 1 is 0.848 bits per heavy atom. The van der Waals surface area contributed by atoms with Crippen LogP contribution in [0.2, 0.25) is 0 Å². The van der Waals surface area contributed by atoms with Crippen LogP contribution in [-0.2, 0) is 71.6 Å². The molecule has 0 radical (unpaired) electrons. The normalized spacial score (nSPS) is 30.2. The monoisotopic (exact) mass is 720 g/mol. The average Bonchev–Trinajstić information content (AvgIpc) is 3.44. The van der Waals surface area contributed by atoms with E-state index in [1.165, 1.54) is 6.92 Å². The van der Waals surface area contributed by atoms with Crippen LogP contribution in [0.5, 0.6) is 5.75 Å². The van der Waals surface area contributed by atoms with Gasteiger partial charge in [-0.25, -0.2) is 13.1 Å². The lowest BCUT2D eigenvalue weighted by Gasteiger charge is -2.31. The number of aliphatic hydroxyl groups excluding tert-OH is 1. The summed E-state index contributed by atoms with van der Waals surface area (Å²) in [5.74, 6) is -0.283. The molecule has 256 valence electrons. The van der Waals surface area contributed by atoms with Gasteiger partial charge in [-0.1, -0.05) is 26.0 Å². The second-order valence-corrected chi connectivity index (χ2v) is 16.9. The van der Waals surface area contributed by atoms with Crippen molar-refractivity contribution in [2.45, 2.75) is 77.8 Å². The summed E-state index contributed by atoms with van der Waals surface area (Å²) in [5.41, 5.74) is 0.738. The molecule has 2 fully saturated rings. The second-order valence-electron chi connectivity index (χ2n) is 10.9. The fraction of sp³-hybridized carbons (Fsp3) is 0.690. The summed E-state index contributed by atoms with van der Waals surface area (Å²) in [5, 5.41) is 9.87. The Bertz CT molecular complexity index is 1330. The largest absolute Gasteiger partial charge is 0.427 e. The lowest BCUT2D eigenvalue weighted by atomic mass is 10.00. The molecule has 0 amide bonds. The van der Waals surface area contributed by atoms with E-state index in [2.05, 4.69) is 9.69 Å². The molecule has 10 atom stereocenters. The maximum atomic E-state index is 11.2. The number of benzene rings is 1. The third-order valence-electron chi connectivity index (χ3n) is 7.59. The number of ether oxygens (including phenoxy) is 3. The van der Waals surface area contributed by atoms with Crippen molar-refractivity contribution >= 4 is 43.0 Å². The van der Waals surface area contributed by atoms with Gasteiger partial charge >= 0.3 is 19.4 Å². The fourth-order valence-electron chi connectivity index (χ4n) is 4.80. The molecule has 46 heavy (non-hydrogen) atoms. The predicted octanol–water partition coefficient (Wildman–Crippen LogP) is 5.08. The van der Waals surface area contributed by atoms with Crippen LogP contribution in [0.3, 0.4) is 0 Å². The molecule has 2 saturated heterocycles. The molecule has 1 aromatic carbocycles. The Morgan fingerprint density at radius 2 is 1.35 bits per heavy atom. The quantitative estimate of drug-likeness (QED) is 0.0713. The smallest absolute Gasteiger partial charge is 0.328 e. The number of carbonyl (C=O) groups is 1. The number of rotatable bonds is 18. The average molecular weight is 721 g/mol. The van der Waals surface area contributed by atoms with Crippen molar-refractivity contribution < 1.29 is 51.3 Å². The SMILES string of the molecule is [C-]#[N+]CCOP(=S)(OC[C@H]1O[C@@H](C)C(C)[C@H]1OP(=S)(OCC[N+]#[C-])OCc1ccc(OC(C)=O)cc1)O[C@@H]1C(C)[C@H](C)O[C@@H]1CO. The van der Waals surface area contributed by atoms with Gasteiger partial charge in [0.2, 0.25) is 13.1 Å². The van der Waals surface area contributed by atoms with Crippen molar-refractivity contribution in [3.63, 3.8) is 0 Å². The van der Waals surface area contributed by atoms with E-state index >= 15 is 0 Å². The van der Waals surface area contributed by atoms with Crippen LogP contribution in [-0.4, -0.2) is 87.2 Å². The van der Waals surface area contributed by atoms with E-state index in [0.717, 1.165) is 5.56 Å². The first-order valence-electron chi connectivity index (χ1n) is 14.8. The van der Waals surface area contributed by atoms with Gasteiger partial charge in [-0.3, -0.25) is 4.79 Å². The van der Waals surface area contributed by atoms with Crippen molar-refractivity contribution in [2.75, 3.05) is 39.5 Å². The minimum atomic E-state index is -3.45. The van der Waals surface area contributed by atoms with E-state index in [1.54, 1.807) is 24.3 Å². The Kier molecular flexibility index (Phi) is 15.6. The molecule has 13 nitrogen and oxygen atoms in total. The van der Waals surface area contributed by atoms with Gasteiger partial charge < -0.3 is 56.1 Å². The van der Waals surface area contributed by atoms with Gasteiger partial charge in [0, 0.05) is 18.8 Å². The Labute approximate surface area is 281 Å². The molecule has 2 aliphatic rings. The molecule has 0 aromatic heterocycles. The van der Waals surface area contributed by atoms with Gasteiger partial charge in [0.1, 0.15) is 43.4 Å². The highest BCUT2D eigenvalue weighted by atomic mass is 32.5. The lowest BCUT2D eigenvalue weighted by molar-refractivity contribution is -0.131. The molecule has 1 aromatic rings. The maximum Gasteiger partial charge on any atom is 0.328 e. The zero-order valence-electron chi connectivity index (χ0n) is 26.5. The van der Waals surface area contributed by atoms with Crippen LogP contribution < -0.4 is 4.74 Å². The molecule has 1 N–H and O–H groups in total. The predicted molar refractivity (Wildman–Crippen MR) is 176 cm³/mol. The van der Waals surface area contributed by atoms with E-state index < -0.39 is 43.8 Å². The fourth-order valence-corrected chi connectivity index (χ4v) is 9.08. The highest BCUT2D eigenvalue weighted by molar-refractivity contribution is 8.07. The zero-order chi connectivity index (χ0) is 33.9. The summed E-state index contributed by atoms with van der Waals surface area (Å²) in [6, 6.07) is 6.74. The Morgan fingerprint density at radius 3 is 1.85 bits per heavy atom. The zero-order valence-corrected chi connectivity index (χ0v) is 29.9. The third-order valence-corrected chi connectivity index (χ3v) is 12.3. The number of esters is 1. The number of hydrogen-bond acceptors (Lipinski definition) is 13. The summed E-state index contributed by atoms with van der Waals surface area (Å²) in [4.78, 5) is 17.9. The van der Waals surface area contributed by atoms with E-state index in [9.17, 15) is 9.90 Å². The number of nitrogens with zero attached hydrogens (tertiary/aromatic N) is 2. The molecular formula is C29H42N2O11P2S2. The Balaban J connectivity index is 1.75. The number of hydrogen-bond donors (Lipinski definition) is 1. The van der Waals surface area contributed by atoms with Gasteiger partial charge in [0.05, 0.1) is 32.0 Å². The van der Waals surface area contributed by atoms with Gasteiger partial charge in [-0.05, 0) is 55.2 Å². The molecule has 0 aliphatic carbocycles. The van der Waals surface area contributed by atoms with Crippen LogP contribution in [0.25, 0.3) is 9.69 Å². The molecule has 0 spiro atoms. The molecule has 17 heteroatoms. The van der Waals surface area contributed by atoms with E-state index in [0.29, 0.717) is 5.75 Å². The van der Waals surface area contributed by atoms with E-state index in [1.807, 2.05) is 27.7 Å². The first kappa shape index (κ1) is 39.1. The first-order valence-corrected chi connectivity index (χ1v) is 20.0. The molecule has 3 rings (SSSR count). The van der Waals surface area contributed by atoms with Crippen LogP contribution in [0.4, 0.5) is 0 Å². The van der Waals surface area contributed by atoms with Crippen LogP contribution >= 0.6 is 13.4 Å². The minimum absolute atomic E-state index is 0.00569. The van der Waals surface area contributed by atoms with Crippen LogP contribution in [0, 0.1) is 25.0 Å². The number of aliphatic hydroxyl groups is 1. The van der Waals surface area contributed by atoms with Gasteiger partial charge in [-0.15, -0.1) is 0 Å². The molecule has 2 heterocycles. The first-order chi connectivity index (χ1) is 21.8. The lowest BCUT2D eigenvalue weighted by Crippen LogP contribution is -2.34. The van der Waals surface area contributed by atoms with E-state index in [-0.39, 0.29) is 70.2 Å². The van der Waals surface area contributed by atoms with Gasteiger partial charge in [0.25, 0.3) is 0 Å². The summed E-state index contributed by atoms with van der Waals surface area (Å²) in [6.45, 7) is 16.2. The standard InChI is InChI=1S/C29H42N2O11P2S2/c1-19-21(3)38-26(16-32)28(19)41-44(46,35-15-13-31-7)37-18-27-29(20(2)22(4)39-27)42-43(45,34-14-12-30-6)36-17-24-8-10-25(11-9-24)40-23(5)33/h8-11,19-22,26-29,32H,12-18H2,1-5H3/t19?,20?,21-,22-,26+,27+,28+,29+,43?,44?/m0/s1.